The fraction of sp³-hybridized carbons (Fsp3) is 0.318. The molecule has 3 aromatic rings. The number of para-hydroxylation sites is 1. The number of nitrogens with zero attached hydrogens (tertiary/aromatic N) is 2. The summed E-state index contributed by atoms with van der Waals surface area (Å²) in [4.78, 5) is 14.8. The van der Waals surface area contributed by atoms with E-state index in [0.717, 1.165) is 16.8 Å². The fourth-order valence-electron chi connectivity index (χ4n) is 3.61. The first kappa shape index (κ1) is 22.6. The van der Waals surface area contributed by atoms with Gasteiger partial charge in [0.05, 0.1) is 30.2 Å². The van der Waals surface area contributed by atoms with Crippen LogP contribution in [0.25, 0.3) is 16.6 Å². The van der Waals surface area contributed by atoms with Crippen molar-refractivity contribution in [2.45, 2.75) is 20.4 Å². The molecule has 7 heteroatoms. The molecule has 1 aromatic heterocycles. The molecule has 29 heavy (non-hydrogen) atoms. The maximum Gasteiger partial charge on any atom is 0.340 e. The molecule has 2 aromatic carbocycles. The minimum atomic E-state index is -0.459. The predicted molar refractivity (Wildman–Crippen MR) is 117 cm³/mol. The van der Waals surface area contributed by atoms with E-state index in [2.05, 4.69) is 0 Å². The van der Waals surface area contributed by atoms with Crippen LogP contribution in [-0.2, 0) is 11.3 Å². The van der Waals surface area contributed by atoms with Gasteiger partial charge < -0.3 is 24.0 Å². The summed E-state index contributed by atoms with van der Waals surface area (Å²) in [5, 5.41) is 11.4. The molecule has 0 saturated heterocycles. The number of aromatic hydroxyl groups is 1. The second-order valence-electron chi connectivity index (χ2n) is 6.90. The van der Waals surface area contributed by atoms with Gasteiger partial charge in [-0.2, -0.15) is 0 Å². The van der Waals surface area contributed by atoms with Gasteiger partial charge in [-0.05, 0) is 51.7 Å². The van der Waals surface area contributed by atoms with Gasteiger partial charge in [0.25, 0.3) is 0 Å². The van der Waals surface area contributed by atoms with E-state index in [0.29, 0.717) is 28.9 Å². The highest BCUT2D eigenvalue weighted by atomic mass is 35.5. The van der Waals surface area contributed by atoms with Crippen LogP contribution in [0.5, 0.6) is 11.5 Å². The molecule has 0 amide bonds. The quantitative estimate of drug-likeness (QED) is 0.604. The van der Waals surface area contributed by atoms with Gasteiger partial charge in [-0.25, -0.2) is 4.79 Å². The average Bonchev–Trinajstić information content (AvgIpc) is 2.98. The van der Waals surface area contributed by atoms with Crippen LogP contribution in [0.1, 0.15) is 28.5 Å². The highest BCUT2D eigenvalue weighted by molar-refractivity contribution is 6.10. The van der Waals surface area contributed by atoms with Crippen molar-refractivity contribution in [2.24, 2.45) is 0 Å². The predicted octanol–water partition coefficient (Wildman–Crippen LogP) is 4.31. The smallest absolute Gasteiger partial charge is 0.340 e. The van der Waals surface area contributed by atoms with Crippen molar-refractivity contribution >= 4 is 29.3 Å². The lowest BCUT2D eigenvalue weighted by atomic mass is 10.0. The zero-order valence-electron chi connectivity index (χ0n) is 17.4. The van der Waals surface area contributed by atoms with Gasteiger partial charge >= 0.3 is 5.97 Å². The Morgan fingerprint density at radius 1 is 1.21 bits per heavy atom. The molecule has 1 N–H and O–H groups in total. The van der Waals surface area contributed by atoms with E-state index in [1.54, 1.807) is 6.92 Å². The number of ether oxygens (including phenoxy) is 2. The molecule has 0 spiro atoms. The summed E-state index contributed by atoms with van der Waals surface area (Å²) in [7, 11) is 5.45. The van der Waals surface area contributed by atoms with Gasteiger partial charge in [-0.1, -0.05) is 18.2 Å². The van der Waals surface area contributed by atoms with Gasteiger partial charge in [-0.3, -0.25) is 0 Å². The van der Waals surface area contributed by atoms with Crippen LogP contribution in [0.3, 0.4) is 0 Å². The van der Waals surface area contributed by atoms with Gasteiger partial charge in [0, 0.05) is 17.9 Å². The number of carbonyl (C=O) groups excluding carboxylic acids is 1. The molecule has 156 valence electrons. The molecule has 0 aliphatic carbocycles. The lowest BCUT2D eigenvalue weighted by Crippen LogP contribution is -2.12. The van der Waals surface area contributed by atoms with Gasteiger partial charge in [0.1, 0.15) is 0 Å². The van der Waals surface area contributed by atoms with Crippen LogP contribution in [0.2, 0.25) is 0 Å². The molecule has 0 fully saturated rings. The van der Waals surface area contributed by atoms with Crippen LogP contribution in [0.15, 0.2) is 36.4 Å². The number of hydrogen-bond donors (Lipinski definition) is 1. The van der Waals surface area contributed by atoms with E-state index in [9.17, 15) is 9.90 Å². The molecule has 0 aliphatic heterocycles. The highest BCUT2D eigenvalue weighted by Crippen LogP contribution is 2.43. The summed E-state index contributed by atoms with van der Waals surface area (Å²) >= 11 is 0. The number of rotatable bonds is 6. The summed E-state index contributed by atoms with van der Waals surface area (Å²) in [6.45, 7) is 4.50. The zero-order chi connectivity index (χ0) is 20.4. The van der Waals surface area contributed by atoms with Crippen molar-refractivity contribution in [3.63, 3.8) is 0 Å². The highest BCUT2D eigenvalue weighted by Gasteiger charge is 2.28. The maximum atomic E-state index is 12.8. The van der Waals surface area contributed by atoms with Crippen molar-refractivity contribution in [1.82, 2.24) is 9.47 Å². The molecule has 0 atom stereocenters. The Bertz CT molecular complexity index is 1010. The first-order chi connectivity index (χ1) is 13.4. The van der Waals surface area contributed by atoms with E-state index in [1.165, 1.54) is 7.11 Å². The second-order valence-corrected chi connectivity index (χ2v) is 6.90. The number of aromatic nitrogens is 1. The zero-order valence-corrected chi connectivity index (χ0v) is 18.2. The van der Waals surface area contributed by atoms with Crippen LogP contribution < -0.4 is 4.74 Å². The number of phenols is 1. The van der Waals surface area contributed by atoms with Crippen molar-refractivity contribution < 1.29 is 19.4 Å². The summed E-state index contributed by atoms with van der Waals surface area (Å²) < 4.78 is 12.7. The molecular formula is C22H27ClN2O4. The van der Waals surface area contributed by atoms with Crippen LogP contribution >= 0.6 is 12.4 Å². The van der Waals surface area contributed by atoms with Crippen molar-refractivity contribution in [3.8, 4) is 17.2 Å². The molecule has 6 nitrogen and oxygen atoms in total. The van der Waals surface area contributed by atoms with Crippen LogP contribution in [0, 0.1) is 6.92 Å². The minimum Gasteiger partial charge on any atom is -0.504 e. The normalized spacial score (nSPS) is 10.8. The maximum absolute atomic E-state index is 12.8. The van der Waals surface area contributed by atoms with E-state index in [-0.39, 0.29) is 24.8 Å². The molecule has 1 heterocycles. The summed E-state index contributed by atoms with van der Waals surface area (Å²) in [5.41, 5.74) is 3.70. The Morgan fingerprint density at radius 2 is 1.86 bits per heavy atom. The molecule has 0 saturated carbocycles. The number of benzene rings is 2. The van der Waals surface area contributed by atoms with Crippen LogP contribution in [0.4, 0.5) is 0 Å². The first-order valence-electron chi connectivity index (χ1n) is 9.21. The Morgan fingerprint density at radius 3 is 2.41 bits per heavy atom. The third kappa shape index (κ3) is 4.04. The number of hydrogen-bond acceptors (Lipinski definition) is 5. The van der Waals surface area contributed by atoms with Gasteiger partial charge in [0.15, 0.2) is 11.5 Å². The standard InChI is InChI=1S/C22H26N2O4.ClH/c1-6-28-22(26)18-14(2)24(16-10-8-7-9-11-16)20-15(13-23(3)4)12-17(27-5)21(25)19(18)20;/h7-12,25H,6,13H2,1-5H3;1H. The summed E-state index contributed by atoms with van der Waals surface area (Å²) in [5.74, 6) is -0.181. The average molecular weight is 419 g/mol. The molecule has 0 radical (unpaired) electrons. The monoisotopic (exact) mass is 418 g/mol. The number of phenolic OH excluding ortho intramolecular Hbond substituents is 1. The summed E-state index contributed by atoms with van der Waals surface area (Å²) in [6, 6.07) is 11.6. The Hall–Kier alpha value is -2.70. The third-order valence-electron chi connectivity index (χ3n) is 4.69. The number of carbonyl (C=O) groups is 1. The lowest BCUT2D eigenvalue weighted by Gasteiger charge is -2.17. The second kappa shape index (κ2) is 9.20. The number of halogens is 1. The van der Waals surface area contributed by atoms with Gasteiger partial charge in [-0.15, -0.1) is 12.4 Å². The Kier molecular flexibility index (Phi) is 7.16. The molecular weight excluding hydrogens is 392 g/mol. The largest absolute Gasteiger partial charge is 0.504 e. The van der Waals surface area contributed by atoms with Gasteiger partial charge in [0.2, 0.25) is 0 Å². The first-order valence-corrected chi connectivity index (χ1v) is 9.21. The SMILES string of the molecule is CCOC(=O)c1c(C)n(-c2ccccc2)c2c(CN(C)C)cc(OC)c(O)c12.Cl. The number of esters is 1. The topological polar surface area (TPSA) is 63.9 Å². The van der Waals surface area contributed by atoms with E-state index >= 15 is 0 Å². The van der Waals surface area contributed by atoms with E-state index < -0.39 is 5.97 Å². The van der Waals surface area contributed by atoms with Crippen molar-refractivity contribution in [3.05, 3.63) is 53.2 Å². The lowest BCUT2D eigenvalue weighted by molar-refractivity contribution is 0.0527. The molecule has 3 rings (SSSR count). The fourth-order valence-corrected chi connectivity index (χ4v) is 3.61. The summed E-state index contributed by atoms with van der Waals surface area (Å²) in [6.07, 6.45) is 0. The van der Waals surface area contributed by atoms with Crippen molar-refractivity contribution in [2.75, 3.05) is 27.8 Å². The van der Waals surface area contributed by atoms with Crippen molar-refractivity contribution in [1.29, 1.82) is 0 Å². The molecule has 0 bridgehead atoms. The third-order valence-corrected chi connectivity index (χ3v) is 4.69. The molecule has 0 unspecified atom stereocenters. The number of fused-ring (bicyclic) bond motifs is 1. The van der Waals surface area contributed by atoms with Crippen LogP contribution in [-0.4, -0.2) is 48.4 Å². The minimum absolute atomic E-state index is 0. The van der Waals surface area contributed by atoms with E-state index in [1.807, 2.05) is 66.9 Å². The number of methoxy groups -OCH3 is 1. The van der Waals surface area contributed by atoms with E-state index in [4.69, 9.17) is 9.47 Å². The Labute approximate surface area is 177 Å². The Balaban J connectivity index is 0.00000300. The molecule has 0 aliphatic rings.